The van der Waals surface area contributed by atoms with Gasteiger partial charge in [-0.1, -0.05) is 0 Å². The Kier molecular flexibility index (Phi) is 2.50. The summed E-state index contributed by atoms with van der Waals surface area (Å²) in [6, 6.07) is 0. The van der Waals surface area contributed by atoms with Crippen LogP contribution >= 0.6 is 0 Å². The van der Waals surface area contributed by atoms with Crippen molar-refractivity contribution in [2.75, 3.05) is 24.5 Å². The molecule has 0 spiro atoms. The van der Waals surface area contributed by atoms with Gasteiger partial charge in [0.2, 0.25) is 5.95 Å². The van der Waals surface area contributed by atoms with E-state index in [2.05, 4.69) is 10.2 Å². The first-order valence-electron chi connectivity index (χ1n) is 7.27. The summed E-state index contributed by atoms with van der Waals surface area (Å²) in [5, 5.41) is 3.46. The Bertz CT molecular complexity index is 461. The second-order valence-corrected chi connectivity index (χ2v) is 5.73. The lowest BCUT2D eigenvalue weighted by molar-refractivity contribution is 0.614. The fraction of sp³-hybridized carbons (Fsp3) is 0.714. The van der Waals surface area contributed by atoms with Crippen LogP contribution in [-0.4, -0.2) is 29.6 Å². The van der Waals surface area contributed by atoms with E-state index in [1.165, 1.54) is 42.6 Å². The molecule has 4 rings (SSSR count). The molecule has 0 radical (unpaired) electrons. The van der Waals surface area contributed by atoms with Gasteiger partial charge in [0.25, 0.3) is 0 Å². The second-order valence-electron chi connectivity index (χ2n) is 5.73. The number of fused-ring (bicyclic) bond motifs is 1. The highest BCUT2D eigenvalue weighted by atomic mass is 15.3. The maximum atomic E-state index is 4.90. The van der Waals surface area contributed by atoms with Crippen molar-refractivity contribution in [3.05, 3.63) is 17.0 Å². The number of rotatable bonds is 2. The van der Waals surface area contributed by atoms with E-state index in [0.717, 1.165) is 44.5 Å². The van der Waals surface area contributed by atoms with Crippen molar-refractivity contribution in [1.82, 2.24) is 15.3 Å². The van der Waals surface area contributed by atoms with Gasteiger partial charge in [-0.05, 0) is 25.7 Å². The Labute approximate surface area is 108 Å². The Morgan fingerprint density at radius 2 is 1.94 bits per heavy atom. The molecule has 0 unspecified atom stereocenters. The van der Waals surface area contributed by atoms with Crippen LogP contribution in [0.15, 0.2) is 0 Å². The fourth-order valence-electron chi connectivity index (χ4n) is 3.11. The van der Waals surface area contributed by atoms with Crippen molar-refractivity contribution in [1.29, 1.82) is 0 Å². The summed E-state index contributed by atoms with van der Waals surface area (Å²) in [7, 11) is 0. The number of nitrogens with one attached hydrogen (secondary N) is 1. The second kappa shape index (κ2) is 4.19. The van der Waals surface area contributed by atoms with E-state index < -0.39 is 0 Å². The molecule has 0 atom stereocenters. The predicted molar refractivity (Wildman–Crippen MR) is 70.9 cm³/mol. The van der Waals surface area contributed by atoms with Crippen LogP contribution in [0.25, 0.3) is 0 Å². The maximum Gasteiger partial charge on any atom is 0.225 e. The van der Waals surface area contributed by atoms with Gasteiger partial charge in [0.1, 0.15) is 0 Å². The average Bonchev–Trinajstić information content (AvgIpc) is 3.12. The molecule has 2 fully saturated rings. The Morgan fingerprint density at radius 3 is 2.72 bits per heavy atom. The molecule has 1 N–H and O–H groups in total. The van der Waals surface area contributed by atoms with Crippen molar-refractivity contribution >= 4 is 5.95 Å². The molecule has 4 heteroatoms. The summed E-state index contributed by atoms with van der Waals surface area (Å²) in [6.07, 6.45) is 6.30. The topological polar surface area (TPSA) is 41.1 Å². The zero-order chi connectivity index (χ0) is 11.9. The van der Waals surface area contributed by atoms with Crippen molar-refractivity contribution in [2.45, 2.75) is 44.6 Å². The van der Waals surface area contributed by atoms with E-state index in [1.54, 1.807) is 0 Å². The van der Waals surface area contributed by atoms with Gasteiger partial charge in [0.05, 0.1) is 11.4 Å². The van der Waals surface area contributed by atoms with Gasteiger partial charge in [-0.2, -0.15) is 0 Å². The molecule has 1 aliphatic carbocycles. The van der Waals surface area contributed by atoms with Crippen LogP contribution < -0.4 is 10.2 Å². The van der Waals surface area contributed by atoms with Crippen LogP contribution in [0.2, 0.25) is 0 Å². The molecule has 2 aliphatic heterocycles. The number of hydrogen-bond donors (Lipinski definition) is 1. The molecule has 0 bridgehead atoms. The minimum Gasteiger partial charge on any atom is -0.341 e. The number of nitrogens with zero attached hydrogens (tertiary/aromatic N) is 3. The van der Waals surface area contributed by atoms with Gasteiger partial charge in [-0.25, -0.2) is 9.97 Å². The van der Waals surface area contributed by atoms with Gasteiger partial charge in [-0.3, -0.25) is 0 Å². The molecule has 96 valence electrons. The molecule has 4 nitrogen and oxygen atoms in total. The van der Waals surface area contributed by atoms with Crippen molar-refractivity contribution in [3.8, 4) is 0 Å². The molecule has 0 aromatic carbocycles. The minimum absolute atomic E-state index is 0.725. The zero-order valence-corrected chi connectivity index (χ0v) is 10.8. The molecular weight excluding hydrogens is 224 g/mol. The molecule has 1 saturated heterocycles. The van der Waals surface area contributed by atoms with Crippen LogP contribution in [-0.2, 0) is 13.0 Å². The Balaban J connectivity index is 1.77. The third-order valence-corrected chi connectivity index (χ3v) is 4.31. The number of aromatic nitrogens is 2. The van der Waals surface area contributed by atoms with Gasteiger partial charge < -0.3 is 10.2 Å². The lowest BCUT2D eigenvalue weighted by atomic mass is 10.0. The van der Waals surface area contributed by atoms with E-state index in [9.17, 15) is 0 Å². The maximum absolute atomic E-state index is 4.90. The van der Waals surface area contributed by atoms with Gasteiger partial charge in [0, 0.05) is 44.1 Å². The summed E-state index contributed by atoms with van der Waals surface area (Å²) in [4.78, 5) is 12.1. The molecule has 3 heterocycles. The average molecular weight is 244 g/mol. The summed E-state index contributed by atoms with van der Waals surface area (Å²) in [6.45, 7) is 4.32. The van der Waals surface area contributed by atoms with Gasteiger partial charge in [-0.15, -0.1) is 0 Å². The largest absolute Gasteiger partial charge is 0.341 e. The van der Waals surface area contributed by atoms with Crippen molar-refractivity contribution < 1.29 is 0 Å². The molecular formula is C14H20N4. The van der Waals surface area contributed by atoms with Gasteiger partial charge >= 0.3 is 0 Å². The van der Waals surface area contributed by atoms with Gasteiger partial charge in [0.15, 0.2) is 0 Å². The van der Waals surface area contributed by atoms with E-state index >= 15 is 0 Å². The number of hydrogen-bond acceptors (Lipinski definition) is 4. The number of anilines is 1. The fourth-order valence-corrected chi connectivity index (χ4v) is 3.11. The first-order chi connectivity index (χ1) is 8.92. The van der Waals surface area contributed by atoms with Crippen LogP contribution in [0.4, 0.5) is 5.95 Å². The molecule has 1 aromatic rings. The summed E-state index contributed by atoms with van der Waals surface area (Å²) < 4.78 is 0. The summed E-state index contributed by atoms with van der Waals surface area (Å²) >= 11 is 0. The van der Waals surface area contributed by atoms with E-state index in [-0.39, 0.29) is 0 Å². The van der Waals surface area contributed by atoms with E-state index in [0.29, 0.717) is 0 Å². The molecule has 1 aromatic heterocycles. The molecule has 1 saturated carbocycles. The predicted octanol–water partition coefficient (Wildman–Crippen LogP) is 1.60. The Morgan fingerprint density at radius 1 is 1.11 bits per heavy atom. The lowest BCUT2D eigenvalue weighted by Crippen LogP contribution is -2.29. The highest BCUT2D eigenvalue weighted by Crippen LogP contribution is 2.42. The third kappa shape index (κ3) is 1.79. The minimum atomic E-state index is 0.725. The lowest BCUT2D eigenvalue weighted by Gasteiger charge is -2.23. The van der Waals surface area contributed by atoms with E-state index in [1.807, 2.05) is 0 Å². The monoisotopic (exact) mass is 244 g/mol. The standard InChI is InChI=1S/C14H20N4/c1-2-8-18(7-1)14-16-12-5-6-15-9-11(12)13(17-14)10-3-4-10/h10,15H,1-9H2. The summed E-state index contributed by atoms with van der Waals surface area (Å²) in [5.41, 5.74) is 4.08. The highest BCUT2D eigenvalue weighted by molar-refractivity contribution is 5.41. The van der Waals surface area contributed by atoms with Crippen molar-refractivity contribution in [3.63, 3.8) is 0 Å². The van der Waals surface area contributed by atoms with Crippen molar-refractivity contribution in [2.24, 2.45) is 0 Å². The normalized spacial score (nSPS) is 23.2. The molecule has 0 amide bonds. The first-order valence-corrected chi connectivity index (χ1v) is 7.27. The highest BCUT2D eigenvalue weighted by Gasteiger charge is 2.31. The Hall–Kier alpha value is -1.16. The molecule has 3 aliphatic rings. The van der Waals surface area contributed by atoms with Crippen LogP contribution in [0, 0.1) is 0 Å². The van der Waals surface area contributed by atoms with Crippen LogP contribution in [0.3, 0.4) is 0 Å². The SMILES string of the molecule is C1CCN(c2nc3c(c(C4CC4)n2)CNCC3)C1. The first kappa shape index (κ1) is 10.7. The zero-order valence-electron chi connectivity index (χ0n) is 10.8. The third-order valence-electron chi connectivity index (χ3n) is 4.31. The smallest absolute Gasteiger partial charge is 0.225 e. The van der Waals surface area contributed by atoms with Crippen LogP contribution in [0.1, 0.15) is 48.6 Å². The van der Waals surface area contributed by atoms with Crippen LogP contribution in [0.5, 0.6) is 0 Å². The summed E-state index contributed by atoms with van der Waals surface area (Å²) in [5.74, 6) is 1.73. The quantitative estimate of drug-likeness (QED) is 0.858. The molecule has 18 heavy (non-hydrogen) atoms. The van der Waals surface area contributed by atoms with E-state index in [4.69, 9.17) is 9.97 Å².